The topological polar surface area (TPSA) is 30.8 Å². The average molecular weight is 390 g/mol. The van der Waals surface area contributed by atoms with Gasteiger partial charge in [0.15, 0.2) is 0 Å². The summed E-state index contributed by atoms with van der Waals surface area (Å²) in [4.78, 5) is 5.03. The van der Waals surface area contributed by atoms with Gasteiger partial charge in [0.25, 0.3) is 0 Å². The van der Waals surface area contributed by atoms with Crippen LogP contribution in [0.25, 0.3) is 5.57 Å². The number of hydrogen-bond donors (Lipinski definition) is 0. The largest absolute Gasteiger partial charge is 0.497 e. The predicted molar refractivity (Wildman–Crippen MR) is 121 cm³/mol. The Morgan fingerprint density at radius 1 is 0.828 bits per heavy atom. The summed E-state index contributed by atoms with van der Waals surface area (Å²) in [5, 5.41) is 0. The Labute approximate surface area is 174 Å². The highest BCUT2D eigenvalue weighted by Gasteiger charge is 2.46. The summed E-state index contributed by atoms with van der Waals surface area (Å²) >= 11 is 0. The van der Waals surface area contributed by atoms with E-state index in [1.54, 1.807) is 14.2 Å². The number of ether oxygens (including phenoxy) is 2. The van der Waals surface area contributed by atoms with Gasteiger partial charge >= 0.3 is 0 Å². The Balaban J connectivity index is 2.28. The molecule has 0 unspecified atom stereocenters. The minimum Gasteiger partial charge on any atom is -0.497 e. The molecular weight excluding hydrogens is 358 g/mol. The molecule has 0 aliphatic carbocycles. The zero-order valence-corrected chi connectivity index (χ0v) is 18.6. The van der Waals surface area contributed by atoms with E-state index in [1.807, 2.05) is 24.3 Å². The van der Waals surface area contributed by atoms with Crippen LogP contribution in [0.1, 0.15) is 52.2 Å². The second-order valence-electron chi connectivity index (χ2n) is 8.43. The second kappa shape index (κ2) is 7.93. The average Bonchev–Trinajstić information content (AvgIpc) is 2.90. The van der Waals surface area contributed by atoms with Crippen molar-refractivity contribution in [1.29, 1.82) is 0 Å². The normalized spacial score (nSPS) is 16.8. The molecule has 0 spiro atoms. The minimum atomic E-state index is -0.161. The Kier molecular flexibility index (Phi) is 5.73. The summed E-state index contributed by atoms with van der Waals surface area (Å²) in [5.74, 6) is 1.68. The maximum atomic E-state index is 5.34. The molecule has 1 aliphatic heterocycles. The van der Waals surface area contributed by atoms with Crippen LogP contribution in [0.5, 0.6) is 11.5 Å². The number of benzene rings is 2. The molecule has 0 N–H and O–H groups in total. The van der Waals surface area contributed by atoms with Crippen molar-refractivity contribution in [2.75, 3.05) is 14.2 Å². The molecule has 1 aliphatic rings. The first-order valence-corrected chi connectivity index (χ1v) is 10.1. The van der Waals surface area contributed by atoms with Crippen molar-refractivity contribution in [3.63, 3.8) is 0 Å². The van der Waals surface area contributed by atoms with E-state index in [-0.39, 0.29) is 11.0 Å². The smallest absolute Gasteiger partial charge is 0.118 e. The van der Waals surface area contributed by atoms with Gasteiger partial charge in [0.05, 0.1) is 19.8 Å². The van der Waals surface area contributed by atoms with Crippen molar-refractivity contribution in [3.05, 3.63) is 71.0 Å². The molecule has 0 atom stereocenters. The number of rotatable bonds is 5. The summed E-state index contributed by atoms with van der Waals surface area (Å²) in [6.07, 6.45) is 0.897. The monoisotopic (exact) mass is 389 g/mol. The molecule has 29 heavy (non-hydrogen) atoms. The van der Waals surface area contributed by atoms with Crippen LogP contribution in [0.4, 0.5) is 0 Å². The third-order valence-electron chi connectivity index (χ3n) is 6.20. The summed E-state index contributed by atoms with van der Waals surface area (Å²) in [6, 6.07) is 16.3. The van der Waals surface area contributed by atoms with E-state index in [0.717, 1.165) is 40.3 Å². The molecule has 0 bridgehead atoms. The van der Waals surface area contributed by atoms with Crippen LogP contribution < -0.4 is 9.47 Å². The van der Waals surface area contributed by atoms with Gasteiger partial charge in [0.1, 0.15) is 11.5 Å². The van der Waals surface area contributed by atoms with Crippen LogP contribution in [-0.4, -0.2) is 25.5 Å². The highest BCUT2D eigenvalue weighted by molar-refractivity contribution is 6.04. The Morgan fingerprint density at radius 3 is 1.66 bits per heavy atom. The lowest BCUT2D eigenvalue weighted by Crippen LogP contribution is -2.34. The van der Waals surface area contributed by atoms with Gasteiger partial charge in [-0.2, -0.15) is 0 Å². The molecule has 3 heteroatoms. The lowest BCUT2D eigenvalue weighted by molar-refractivity contribution is 0.284. The predicted octanol–water partition coefficient (Wildman–Crippen LogP) is 6.33. The molecule has 2 aromatic carbocycles. The fraction of sp³-hybridized carbons (Fsp3) is 0.385. The van der Waals surface area contributed by atoms with E-state index < -0.39 is 0 Å². The van der Waals surface area contributed by atoms with Crippen LogP contribution in [0.15, 0.2) is 64.8 Å². The van der Waals surface area contributed by atoms with E-state index in [9.17, 15) is 0 Å². The second-order valence-corrected chi connectivity index (χ2v) is 8.43. The molecule has 3 rings (SSSR count). The van der Waals surface area contributed by atoms with Crippen molar-refractivity contribution in [3.8, 4) is 11.5 Å². The zero-order valence-electron chi connectivity index (χ0n) is 18.6. The first-order valence-electron chi connectivity index (χ1n) is 10.1. The van der Waals surface area contributed by atoms with Crippen molar-refractivity contribution in [2.24, 2.45) is 10.4 Å². The first-order chi connectivity index (χ1) is 13.7. The van der Waals surface area contributed by atoms with Crippen LogP contribution in [-0.2, 0) is 0 Å². The molecular formula is C26H31NO2. The number of aliphatic imine (C=N–C) groups is 1. The van der Waals surface area contributed by atoms with Gasteiger partial charge in [-0.05, 0) is 55.7 Å². The van der Waals surface area contributed by atoms with Gasteiger partial charge in [-0.15, -0.1) is 5.73 Å². The lowest BCUT2D eigenvalue weighted by atomic mass is 9.71. The highest BCUT2D eigenvalue weighted by atomic mass is 16.5. The standard InChI is InChI=1S/C26H31NO2/c1-8-24-23(25(2,3)26(4,5)27-24)17-22(18-9-13-20(28-6)14-10-18)19-11-15-21(29-7)16-12-19/h9-16H,8H2,1-7H3. The number of methoxy groups -OCH3 is 2. The summed E-state index contributed by atoms with van der Waals surface area (Å²) in [5.41, 5.74) is 9.09. The number of nitrogens with zero attached hydrogens (tertiary/aromatic N) is 1. The van der Waals surface area contributed by atoms with E-state index in [4.69, 9.17) is 14.5 Å². The maximum Gasteiger partial charge on any atom is 0.118 e. The maximum absolute atomic E-state index is 5.34. The van der Waals surface area contributed by atoms with E-state index in [1.165, 1.54) is 5.57 Å². The molecule has 1 heterocycles. The van der Waals surface area contributed by atoms with Gasteiger partial charge in [-0.1, -0.05) is 45.0 Å². The quantitative estimate of drug-likeness (QED) is 0.559. The van der Waals surface area contributed by atoms with E-state index in [2.05, 4.69) is 64.6 Å². The van der Waals surface area contributed by atoms with Crippen molar-refractivity contribution < 1.29 is 9.47 Å². The lowest BCUT2D eigenvalue weighted by Gasteiger charge is -2.33. The van der Waals surface area contributed by atoms with Crippen molar-refractivity contribution in [2.45, 2.75) is 46.6 Å². The zero-order chi connectivity index (χ0) is 21.2. The van der Waals surface area contributed by atoms with Gasteiger partial charge in [-0.3, -0.25) is 4.99 Å². The van der Waals surface area contributed by atoms with Crippen molar-refractivity contribution >= 4 is 11.3 Å². The molecule has 0 saturated heterocycles. The van der Waals surface area contributed by atoms with Crippen molar-refractivity contribution in [1.82, 2.24) is 0 Å². The van der Waals surface area contributed by atoms with Gasteiger partial charge in [0, 0.05) is 22.3 Å². The SMILES string of the molecule is CCC1=NC(C)(C)C(C)(C)C1=C=C(c1ccc(OC)cc1)c1ccc(OC)cc1. The molecule has 0 amide bonds. The minimum absolute atomic E-state index is 0.109. The molecule has 0 saturated carbocycles. The summed E-state index contributed by atoms with van der Waals surface area (Å²) in [6.45, 7) is 11.1. The molecule has 0 fully saturated rings. The molecule has 0 radical (unpaired) electrons. The summed E-state index contributed by atoms with van der Waals surface area (Å²) in [7, 11) is 3.37. The van der Waals surface area contributed by atoms with E-state index >= 15 is 0 Å². The Bertz CT molecular complexity index is 921. The van der Waals surface area contributed by atoms with E-state index in [0.29, 0.717) is 0 Å². The van der Waals surface area contributed by atoms with Crippen LogP contribution in [0.3, 0.4) is 0 Å². The van der Waals surface area contributed by atoms with Gasteiger partial charge in [0.2, 0.25) is 0 Å². The molecule has 152 valence electrons. The Hall–Kier alpha value is -2.77. The van der Waals surface area contributed by atoms with Gasteiger partial charge < -0.3 is 9.47 Å². The fourth-order valence-electron chi connectivity index (χ4n) is 3.64. The highest BCUT2D eigenvalue weighted by Crippen LogP contribution is 2.47. The molecule has 0 aromatic heterocycles. The third-order valence-corrected chi connectivity index (χ3v) is 6.20. The molecule has 2 aromatic rings. The Morgan fingerprint density at radius 2 is 1.28 bits per heavy atom. The van der Waals surface area contributed by atoms with Crippen LogP contribution in [0.2, 0.25) is 0 Å². The van der Waals surface area contributed by atoms with Crippen LogP contribution >= 0.6 is 0 Å². The first kappa shape index (κ1) is 21.0. The summed E-state index contributed by atoms with van der Waals surface area (Å²) < 4.78 is 10.7. The van der Waals surface area contributed by atoms with Gasteiger partial charge in [-0.25, -0.2) is 0 Å². The molecule has 3 nitrogen and oxygen atoms in total. The number of hydrogen-bond acceptors (Lipinski definition) is 3. The fourth-order valence-corrected chi connectivity index (χ4v) is 3.64. The third kappa shape index (κ3) is 3.88. The van der Waals surface area contributed by atoms with Crippen LogP contribution in [0, 0.1) is 5.41 Å².